The van der Waals surface area contributed by atoms with Crippen LogP contribution in [0.4, 0.5) is 4.79 Å². The van der Waals surface area contributed by atoms with Gasteiger partial charge in [-0.3, -0.25) is 4.79 Å². The Bertz CT molecular complexity index is 440. The molecular weight excluding hydrogens is 300 g/mol. The van der Waals surface area contributed by atoms with Crippen LogP contribution in [0.1, 0.15) is 54.9 Å². The molecule has 0 aromatic heterocycles. The first-order valence-electron chi connectivity index (χ1n) is 7.74. The predicted octanol–water partition coefficient (Wildman–Crippen LogP) is 1.99. The van der Waals surface area contributed by atoms with Crippen LogP contribution < -0.4 is 10.6 Å². The lowest BCUT2D eigenvalue weighted by Gasteiger charge is -2.30. The molecule has 23 heavy (non-hydrogen) atoms. The van der Waals surface area contributed by atoms with Gasteiger partial charge in [-0.15, -0.1) is 0 Å². The van der Waals surface area contributed by atoms with Gasteiger partial charge < -0.3 is 20.1 Å². The van der Waals surface area contributed by atoms with Crippen LogP contribution in [0.25, 0.3) is 0 Å². The standard InChI is InChI=1S/C16H30N2O5/c1-9-10(2)11(12(19)22-8)17-13(20)16(6,7)18-14(21)23-15(3,4)5/h10-11H,9H2,1-8H3,(H,17,20)(H,18,21)/t10-,11-/m0/s1. The molecule has 0 aliphatic rings. The maximum absolute atomic E-state index is 12.4. The Morgan fingerprint density at radius 3 is 2.00 bits per heavy atom. The minimum Gasteiger partial charge on any atom is -0.467 e. The summed E-state index contributed by atoms with van der Waals surface area (Å²) in [7, 11) is 1.27. The van der Waals surface area contributed by atoms with Gasteiger partial charge >= 0.3 is 12.1 Å². The third-order valence-corrected chi connectivity index (χ3v) is 3.34. The van der Waals surface area contributed by atoms with Gasteiger partial charge in [-0.05, 0) is 40.5 Å². The zero-order valence-electron chi connectivity index (χ0n) is 15.4. The molecule has 7 heteroatoms. The summed E-state index contributed by atoms with van der Waals surface area (Å²) in [6.45, 7) is 12.0. The molecule has 0 fully saturated rings. The third kappa shape index (κ3) is 7.34. The van der Waals surface area contributed by atoms with Crippen LogP contribution in [0.3, 0.4) is 0 Å². The first kappa shape index (κ1) is 21.2. The second-order valence-corrected chi connectivity index (χ2v) is 7.11. The average molecular weight is 330 g/mol. The smallest absolute Gasteiger partial charge is 0.408 e. The van der Waals surface area contributed by atoms with Crippen molar-refractivity contribution in [1.82, 2.24) is 10.6 Å². The molecule has 2 atom stereocenters. The van der Waals surface area contributed by atoms with Crippen LogP contribution in [0, 0.1) is 5.92 Å². The zero-order valence-corrected chi connectivity index (χ0v) is 15.4. The molecule has 0 saturated carbocycles. The summed E-state index contributed by atoms with van der Waals surface area (Å²) in [5.41, 5.74) is -1.90. The van der Waals surface area contributed by atoms with Gasteiger partial charge in [-0.25, -0.2) is 9.59 Å². The molecule has 0 aromatic carbocycles. The molecule has 0 aliphatic carbocycles. The summed E-state index contributed by atoms with van der Waals surface area (Å²) in [4.78, 5) is 36.1. The van der Waals surface area contributed by atoms with Crippen LogP contribution in [-0.4, -0.2) is 42.3 Å². The van der Waals surface area contributed by atoms with Crippen LogP contribution in [0.5, 0.6) is 0 Å². The molecular formula is C16H30N2O5. The quantitative estimate of drug-likeness (QED) is 0.727. The second-order valence-electron chi connectivity index (χ2n) is 7.11. The van der Waals surface area contributed by atoms with Crippen molar-refractivity contribution in [3.63, 3.8) is 0 Å². The maximum atomic E-state index is 12.4. The fraction of sp³-hybridized carbons (Fsp3) is 0.812. The molecule has 0 rings (SSSR count). The Morgan fingerprint density at radius 1 is 1.09 bits per heavy atom. The Morgan fingerprint density at radius 2 is 1.61 bits per heavy atom. The summed E-state index contributed by atoms with van der Waals surface area (Å²) in [6, 6.07) is -0.766. The molecule has 0 saturated heterocycles. The van der Waals surface area contributed by atoms with E-state index in [9.17, 15) is 14.4 Å². The number of ether oxygens (including phenoxy) is 2. The van der Waals surface area contributed by atoms with Gasteiger partial charge in [0.25, 0.3) is 0 Å². The van der Waals surface area contributed by atoms with Crippen molar-refractivity contribution >= 4 is 18.0 Å². The summed E-state index contributed by atoms with van der Waals surface area (Å²) < 4.78 is 9.87. The topological polar surface area (TPSA) is 93.7 Å². The van der Waals surface area contributed by atoms with E-state index < -0.39 is 35.2 Å². The Hall–Kier alpha value is -1.79. The predicted molar refractivity (Wildman–Crippen MR) is 86.9 cm³/mol. The molecule has 7 nitrogen and oxygen atoms in total. The third-order valence-electron chi connectivity index (χ3n) is 3.34. The number of rotatable bonds is 6. The van der Waals surface area contributed by atoms with Gasteiger partial charge in [0.05, 0.1) is 7.11 Å². The first-order valence-corrected chi connectivity index (χ1v) is 7.74. The second kappa shape index (κ2) is 8.17. The number of hydrogen-bond acceptors (Lipinski definition) is 5. The van der Waals surface area contributed by atoms with E-state index in [0.29, 0.717) is 6.42 Å². The summed E-state index contributed by atoms with van der Waals surface area (Å²) >= 11 is 0. The van der Waals surface area contributed by atoms with Crippen LogP contribution in [0.2, 0.25) is 0 Å². The van der Waals surface area contributed by atoms with E-state index in [0.717, 1.165) is 0 Å². The van der Waals surface area contributed by atoms with Gasteiger partial charge in [-0.2, -0.15) is 0 Å². The number of esters is 1. The summed E-state index contributed by atoms with van der Waals surface area (Å²) in [5.74, 6) is -1.09. The lowest BCUT2D eigenvalue weighted by molar-refractivity contribution is -0.147. The summed E-state index contributed by atoms with van der Waals surface area (Å²) in [5, 5.41) is 5.15. The fourth-order valence-corrected chi connectivity index (χ4v) is 1.73. The van der Waals surface area contributed by atoms with E-state index in [4.69, 9.17) is 9.47 Å². The highest BCUT2D eigenvalue weighted by Crippen LogP contribution is 2.13. The monoisotopic (exact) mass is 330 g/mol. The zero-order chi connectivity index (χ0) is 18.4. The Balaban J connectivity index is 4.96. The lowest BCUT2D eigenvalue weighted by atomic mass is 9.97. The van der Waals surface area contributed by atoms with Crippen molar-refractivity contribution in [3.8, 4) is 0 Å². The van der Waals surface area contributed by atoms with Crippen molar-refractivity contribution in [2.24, 2.45) is 5.92 Å². The maximum Gasteiger partial charge on any atom is 0.408 e. The van der Waals surface area contributed by atoms with E-state index in [1.54, 1.807) is 20.8 Å². The molecule has 0 spiro atoms. The van der Waals surface area contributed by atoms with Gasteiger partial charge in [0, 0.05) is 0 Å². The number of alkyl carbamates (subject to hydrolysis) is 1. The molecule has 2 amide bonds. The van der Waals surface area contributed by atoms with Gasteiger partial charge in [0.15, 0.2) is 0 Å². The number of methoxy groups -OCH3 is 1. The van der Waals surface area contributed by atoms with E-state index in [1.807, 2.05) is 13.8 Å². The highest BCUT2D eigenvalue weighted by Gasteiger charge is 2.36. The highest BCUT2D eigenvalue weighted by molar-refractivity contribution is 5.92. The van der Waals surface area contributed by atoms with E-state index in [1.165, 1.54) is 21.0 Å². The molecule has 134 valence electrons. The van der Waals surface area contributed by atoms with Crippen LogP contribution in [0.15, 0.2) is 0 Å². The van der Waals surface area contributed by atoms with E-state index in [-0.39, 0.29) is 5.92 Å². The number of nitrogens with one attached hydrogen (secondary N) is 2. The lowest BCUT2D eigenvalue weighted by Crippen LogP contribution is -2.59. The van der Waals surface area contributed by atoms with Crippen molar-refractivity contribution in [3.05, 3.63) is 0 Å². The van der Waals surface area contributed by atoms with E-state index >= 15 is 0 Å². The largest absolute Gasteiger partial charge is 0.467 e. The van der Waals surface area contributed by atoms with Crippen molar-refractivity contribution in [2.45, 2.75) is 72.1 Å². The number of amides is 2. The fourth-order valence-electron chi connectivity index (χ4n) is 1.73. The van der Waals surface area contributed by atoms with Crippen molar-refractivity contribution < 1.29 is 23.9 Å². The molecule has 0 heterocycles. The normalized spacial score (nSPS) is 14.4. The summed E-state index contributed by atoms with van der Waals surface area (Å²) in [6.07, 6.45) is -0.00391. The Kier molecular flexibility index (Phi) is 7.54. The van der Waals surface area contributed by atoms with Crippen molar-refractivity contribution in [2.75, 3.05) is 7.11 Å². The number of carbonyl (C=O) groups is 3. The first-order chi connectivity index (χ1) is 10.3. The molecule has 0 unspecified atom stereocenters. The van der Waals surface area contributed by atoms with Crippen LogP contribution >= 0.6 is 0 Å². The number of carbonyl (C=O) groups excluding carboxylic acids is 3. The average Bonchev–Trinajstić information content (AvgIpc) is 2.39. The van der Waals surface area contributed by atoms with E-state index in [2.05, 4.69) is 10.6 Å². The molecule has 0 bridgehead atoms. The molecule has 0 aromatic rings. The van der Waals surface area contributed by atoms with Gasteiger partial charge in [-0.1, -0.05) is 20.3 Å². The minimum atomic E-state index is -1.23. The SMILES string of the molecule is CC[C@H](C)[C@H](NC(=O)C(C)(C)NC(=O)OC(C)(C)C)C(=O)OC. The molecule has 0 radical (unpaired) electrons. The van der Waals surface area contributed by atoms with Crippen molar-refractivity contribution in [1.29, 1.82) is 0 Å². The molecule has 0 aliphatic heterocycles. The Labute approximate surface area is 138 Å². The van der Waals surface area contributed by atoms with Crippen LogP contribution in [-0.2, 0) is 19.1 Å². The minimum absolute atomic E-state index is 0.0938. The molecule has 2 N–H and O–H groups in total. The highest BCUT2D eigenvalue weighted by atomic mass is 16.6. The number of hydrogen-bond donors (Lipinski definition) is 2. The van der Waals surface area contributed by atoms with Gasteiger partial charge in [0.1, 0.15) is 17.2 Å². The van der Waals surface area contributed by atoms with Gasteiger partial charge in [0.2, 0.25) is 5.91 Å².